The lowest BCUT2D eigenvalue weighted by molar-refractivity contribution is 0.239. The summed E-state index contributed by atoms with van der Waals surface area (Å²) < 4.78 is 5.34. The Morgan fingerprint density at radius 2 is 2.30 bits per heavy atom. The molecule has 2 aromatic heterocycles. The van der Waals surface area contributed by atoms with Crippen LogP contribution in [0.1, 0.15) is 17.9 Å². The molecule has 1 saturated heterocycles. The van der Waals surface area contributed by atoms with Gasteiger partial charge in [-0.2, -0.15) is 4.98 Å². The number of nitrogens with one attached hydrogen (secondary N) is 1. The number of hydrogen-bond acceptors (Lipinski definition) is 6. The average molecular weight is 273 g/mol. The molecule has 106 valence electrons. The summed E-state index contributed by atoms with van der Waals surface area (Å²) in [5.74, 6) is 1.22. The third-order valence-corrected chi connectivity index (χ3v) is 3.40. The zero-order valence-electron chi connectivity index (χ0n) is 11.7. The fourth-order valence-electron chi connectivity index (χ4n) is 2.33. The van der Waals surface area contributed by atoms with Gasteiger partial charge in [-0.1, -0.05) is 5.16 Å². The summed E-state index contributed by atoms with van der Waals surface area (Å²) in [6, 6.07) is 3.92. The van der Waals surface area contributed by atoms with E-state index in [1.54, 1.807) is 6.20 Å². The first kappa shape index (κ1) is 13.2. The minimum atomic E-state index is 0.566. The normalized spacial score (nSPS) is 17.1. The maximum atomic E-state index is 5.34. The van der Waals surface area contributed by atoms with Crippen molar-refractivity contribution >= 4 is 0 Å². The van der Waals surface area contributed by atoms with Crippen LogP contribution in [0.4, 0.5) is 0 Å². The van der Waals surface area contributed by atoms with E-state index in [0.29, 0.717) is 18.3 Å². The second kappa shape index (κ2) is 6.11. The highest BCUT2D eigenvalue weighted by Crippen LogP contribution is 2.15. The van der Waals surface area contributed by atoms with E-state index in [0.717, 1.165) is 43.9 Å². The molecule has 3 rings (SSSR count). The summed E-state index contributed by atoms with van der Waals surface area (Å²) in [7, 11) is 0. The van der Waals surface area contributed by atoms with E-state index < -0.39 is 0 Å². The molecule has 0 aromatic carbocycles. The number of aryl methyl sites for hydroxylation is 1. The molecule has 0 bridgehead atoms. The van der Waals surface area contributed by atoms with E-state index in [1.807, 2.05) is 19.1 Å². The molecule has 6 nitrogen and oxygen atoms in total. The Morgan fingerprint density at radius 1 is 1.35 bits per heavy atom. The van der Waals surface area contributed by atoms with Crippen LogP contribution in [0.3, 0.4) is 0 Å². The third-order valence-electron chi connectivity index (χ3n) is 3.40. The van der Waals surface area contributed by atoms with E-state index in [-0.39, 0.29) is 0 Å². The van der Waals surface area contributed by atoms with E-state index in [2.05, 4.69) is 25.3 Å². The largest absolute Gasteiger partial charge is 0.337 e. The summed E-state index contributed by atoms with van der Waals surface area (Å²) in [5, 5.41) is 7.41. The quantitative estimate of drug-likeness (QED) is 0.907. The van der Waals surface area contributed by atoms with E-state index in [1.165, 1.54) is 0 Å². The SMILES string of the molecule is Cc1ccnc(-c2noc(CN3CCCNCC3)n2)c1. The van der Waals surface area contributed by atoms with E-state index in [9.17, 15) is 0 Å². The van der Waals surface area contributed by atoms with Crippen LogP contribution in [0.5, 0.6) is 0 Å². The van der Waals surface area contributed by atoms with Gasteiger partial charge in [0.15, 0.2) is 0 Å². The summed E-state index contributed by atoms with van der Waals surface area (Å²) in [6.07, 6.45) is 2.92. The van der Waals surface area contributed by atoms with Gasteiger partial charge in [-0.25, -0.2) is 0 Å². The molecule has 2 aromatic rings. The van der Waals surface area contributed by atoms with Gasteiger partial charge >= 0.3 is 0 Å². The number of nitrogens with zero attached hydrogens (tertiary/aromatic N) is 4. The third kappa shape index (κ3) is 3.20. The molecule has 1 fully saturated rings. The maximum absolute atomic E-state index is 5.34. The maximum Gasteiger partial charge on any atom is 0.241 e. The Balaban J connectivity index is 1.70. The van der Waals surface area contributed by atoms with Gasteiger partial charge in [-0.3, -0.25) is 9.88 Å². The van der Waals surface area contributed by atoms with Crippen LogP contribution in [0.2, 0.25) is 0 Å². The summed E-state index contributed by atoms with van der Waals surface area (Å²) in [6.45, 7) is 6.91. The van der Waals surface area contributed by atoms with E-state index in [4.69, 9.17) is 4.52 Å². The lowest BCUT2D eigenvalue weighted by atomic mass is 10.2. The lowest BCUT2D eigenvalue weighted by Crippen LogP contribution is -2.27. The van der Waals surface area contributed by atoms with Gasteiger partial charge in [0.1, 0.15) is 5.69 Å². The van der Waals surface area contributed by atoms with Crippen molar-refractivity contribution in [2.24, 2.45) is 0 Å². The molecule has 3 heterocycles. The molecule has 0 amide bonds. The zero-order valence-corrected chi connectivity index (χ0v) is 11.7. The predicted molar refractivity (Wildman–Crippen MR) is 75.0 cm³/mol. The standard InChI is InChI=1S/C14H19N5O/c1-11-3-5-16-12(9-11)14-17-13(20-18-14)10-19-7-2-4-15-6-8-19/h3,5,9,15H,2,4,6-8,10H2,1H3. The van der Waals surface area contributed by atoms with Crippen molar-refractivity contribution in [3.8, 4) is 11.5 Å². The molecule has 0 aliphatic carbocycles. The van der Waals surface area contributed by atoms with Crippen molar-refractivity contribution in [2.45, 2.75) is 19.9 Å². The molecular weight excluding hydrogens is 254 g/mol. The summed E-state index contributed by atoms with van der Waals surface area (Å²) in [5.41, 5.74) is 1.90. The van der Waals surface area contributed by atoms with Crippen molar-refractivity contribution in [3.63, 3.8) is 0 Å². The van der Waals surface area contributed by atoms with Crippen LogP contribution in [-0.2, 0) is 6.54 Å². The monoisotopic (exact) mass is 273 g/mol. The first-order chi connectivity index (χ1) is 9.81. The van der Waals surface area contributed by atoms with Crippen molar-refractivity contribution in [1.29, 1.82) is 0 Å². The number of hydrogen-bond donors (Lipinski definition) is 1. The Labute approximate surface area is 118 Å². The van der Waals surface area contributed by atoms with Crippen molar-refractivity contribution in [1.82, 2.24) is 25.3 Å². The van der Waals surface area contributed by atoms with Crippen molar-refractivity contribution in [2.75, 3.05) is 26.2 Å². The highest BCUT2D eigenvalue weighted by molar-refractivity contribution is 5.48. The smallest absolute Gasteiger partial charge is 0.241 e. The van der Waals surface area contributed by atoms with Gasteiger partial charge in [0.2, 0.25) is 11.7 Å². The van der Waals surface area contributed by atoms with Gasteiger partial charge in [0.25, 0.3) is 0 Å². The van der Waals surface area contributed by atoms with Crippen LogP contribution in [0, 0.1) is 6.92 Å². The fraction of sp³-hybridized carbons (Fsp3) is 0.500. The highest BCUT2D eigenvalue weighted by Gasteiger charge is 2.14. The fourth-order valence-corrected chi connectivity index (χ4v) is 2.33. The predicted octanol–water partition coefficient (Wildman–Crippen LogP) is 1.24. The molecular formula is C14H19N5O. The van der Waals surface area contributed by atoms with Crippen LogP contribution in [-0.4, -0.2) is 46.2 Å². The molecule has 0 atom stereocenters. The van der Waals surface area contributed by atoms with Gasteiger partial charge in [-0.15, -0.1) is 0 Å². The Morgan fingerprint density at radius 3 is 3.20 bits per heavy atom. The molecule has 1 N–H and O–H groups in total. The molecule has 0 saturated carbocycles. The topological polar surface area (TPSA) is 67.1 Å². The Kier molecular flexibility index (Phi) is 4.03. The van der Waals surface area contributed by atoms with Gasteiger partial charge < -0.3 is 9.84 Å². The second-order valence-electron chi connectivity index (χ2n) is 5.11. The molecule has 1 aliphatic heterocycles. The van der Waals surface area contributed by atoms with Gasteiger partial charge in [-0.05, 0) is 44.1 Å². The highest BCUT2D eigenvalue weighted by atomic mass is 16.5. The summed E-state index contributed by atoms with van der Waals surface area (Å²) in [4.78, 5) is 11.1. The molecule has 0 radical (unpaired) electrons. The Hall–Kier alpha value is -1.79. The number of aromatic nitrogens is 3. The van der Waals surface area contributed by atoms with Crippen LogP contribution >= 0.6 is 0 Å². The molecule has 0 spiro atoms. The Bertz CT molecular complexity index is 560. The minimum Gasteiger partial charge on any atom is -0.337 e. The molecule has 1 aliphatic rings. The number of rotatable bonds is 3. The van der Waals surface area contributed by atoms with Crippen molar-refractivity contribution in [3.05, 3.63) is 29.8 Å². The molecule has 0 unspecified atom stereocenters. The first-order valence-electron chi connectivity index (χ1n) is 7.00. The minimum absolute atomic E-state index is 0.566. The van der Waals surface area contributed by atoms with Crippen molar-refractivity contribution < 1.29 is 4.52 Å². The zero-order chi connectivity index (χ0) is 13.8. The van der Waals surface area contributed by atoms with Crippen LogP contribution in [0.25, 0.3) is 11.5 Å². The lowest BCUT2D eigenvalue weighted by Gasteiger charge is -2.16. The number of pyridine rings is 1. The average Bonchev–Trinajstić information content (AvgIpc) is 2.75. The molecule has 6 heteroatoms. The van der Waals surface area contributed by atoms with Crippen LogP contribution in [0.15, 0.2) is 22.9 Å². The van der Waals surface area contributed by atoms with Crippen LogP contribution < -0.4 is 5.32 Å². The second-order valence-corrected chi connectivity index (χ2v) is 5.11. The van der Waals surface area contributed by atoms with Gasteiger partial charge in [0.05, 0.1) is 6.54 Å². The first-order valence-corrected chi connectivity index (χ1v) is 7.00. The molecule has 20 heavy (non-hydrogen) atoms. The summed E-state index contributed by atoms with van der Waals surface area (Å²) >= 11 is 0. The van der Waals surface area contributed by atoms with E-state index >= 15 is 0 Å². The van der Waals surface area contributed by atoms with Gasteiger partial charge in [0, 0.05) is 19.3 Å².